The van der Waals surface area contributed by atoms with Gasteiger partial charge in [0, 0.05) is 12.5 Å². The molecule has 0 saturated heterocycles. The molecule has 5 rings (SSSR count). The maximum absolute atomic E-state index is 13.5. The summed E-state index contributed by atoms with van der Waals surface area (Å²) >= 11 is 0. The average Bonchev–Trinajstić information content (AvgIpc) is 3.38. The van der Waals surface area contributed by atoms with Gasteiger partial charge < -0.3 is 5.32 Å². The van der Waals surface area contributed by atoms with E-state index in [4.69, 9.17) is 0 Å². The molecule has 8 unspecified atom stereocenters. The topological polar surface area (TPSA) is 76.9 Å². The molecular weight excluding hydrogens is 412 g/mol. The second kappa shape index (κ2) is 8.49. The van der Waals surface area contributed by atoms with Crippen LogP contribution in [-0.4, -0.2) is 33.2 Å². The van der Waals surface area contributed by atoms with Gasteiger partial charge in [0.2, 0.25) is 0 Å². The zero-order valence-corrected chi connectivity index (χ0v) is 21.0. The van der Waals surface area contributed by atoms with Crippen LogP contribution >= 0.6 is 0 Å². The number of rotatable bonds is 5. The van der Waals surface area contributed by atoms with Crippen molar-refractivity contribution in [3.05, 3.63) is 11.9 Å². The molecule has 33 heavy (non-hydrogen) atoms. The molecular formula is C27H42N4O2. The molecule has 0 bridgehead atoms. The van der Waals surface area contributed by atoms with Gasteiger partial charge in [-0.05, 0) is 98.7 Å². The fraction of sp³-hybridized carbons (Fsp3) is 0.852. The lowest BCUT2D eigenvalue weighted by atomic mass is 9.44. The first-order valence-corrected chi connectivity index (χ1v) is 13.5. The van der Waals surface area contributed by atoms with Gasteiger partial charge in [0.25, 0.3) is 5.91 Å². The van der Waals surface area contributed by atoms with Crippen LogP contribution in [0.4, 0.5) is 0 Å². The van der Waals surface area contributed by atoms with E-state index in [9.17, 15) is 9.59 Å². The summed E-state index contributed by atoms with van der Waals surface area (Å²) in [6, 6.07) is 0. The van der Waals surface area contributed by atoms with Gasteiger partial charge in [-0.3, -0.25) is 9.59 Å². The number of amides is 1. The van der Waals surface area contributed by atoms with Crippen LogP contribution in [0.15, 0.2) is 6.20 Å². The molecule has 1 aromatic heterocycles. The summed E-state index contributed by atoms with van der Waals surface area (Å²) in [5.74, 6) is 4.25. The minimum absolute atomic E-state index is 0.0966. The quantitative estimate of drug-likeness (QED) is 0.687. The van der Waals surface area contributed by atoms with Crippen molar-refractivity contribution >= 4 is 11.7 Å². The van der Waals surface area contributed by atoms with Gasteiger partial charge in [0.1, 0.15) is 6.54 Å². The fourth-order valence-electron chi connectivity index (χ4n) is 8.98. The van der Waals surface area contributed by atoms with E-state index in [0.29, 0.717) is 17.9 Å². The molecule has 182 valence electrons. The number of hydrogen-bond donors (Lipinski definition) is 1. The molecule has 4 saturated carbocycles. The number of nitrogens with zero attached hydrogens (tertiary/aromatic N) is 3. The van der Waals surface area contributed by atoms with Gasteiger partial charge in [-0.1, -0.05) is 27.2 Å². The lowest BCUT2D eigenvalue weighted by Crippen LogP contribution is -2.53. The number of carbonyl (C=O) groups excluding carboxylic acids is 2. The van der Waals surface area contributed by atoms with Crippen LogP contribution in [0.5, 0.6) is 0 Å². The summed E-state index contributed by atoms with van der Waals surface area (Å²) in [6.07, 6.45) is 13.1. The van der Waals surface area contributed by atoms with Crippen LogP contribution in [0.2, 0.25) is 0 Å². The summed E-state index contributed by atoms with van der Waals surface area (Å²) in [6.45, 7) is 10.1. The third kappa shape index (κ3) is 3.76. The van der Waals surface area contributed by atoms with E-state index < -0.39 is 0 Å². The Balaban J connectivity index is 1.29. The second-order valence-electron chi connectivity index (χ2n) is 12.3. The molecule has 0 aliphatic heterocycles. The standard InChI is InChI=1S/C27H42N4O2/c1-5-28-25(33)23-15-29-31(30-23)16-24(32)22-9-8-20-19-7-6-18-14-17(2)10-12-26(18,3)21(19)11-13-27(20,22)4/h15,17-22H,5-14,16H2,1-4H3,(H,28,33). The zero-order chi connectivity index (χ0) is 23.4. The zero-order valence-electron chi connectivity index (χ0n) is 21.0. The van der Waals surface area contributed by atoms with E-state index in [1.165, 1.54) is 62.4 Å². The molecule has 4 aliphatic carbocycles. The molecule has 0 spiro atoms. The van der Waals surface area contributed by atoms with Gasteiger partial charge in [-0.25, -0.2) is 0 Å². The monoisotopic (exact) mass is 454 g/mol. The van der Waals surface area contributed by atoms with Gasteiger partial charge in [-0.2, -0.15) is 9.90 Å². The van der Waals surface area contributed by atoms with Crippen molar-refractivity contribution in [2.24, 2.45) is 46.3 Å². The van der Waals surface area contributed by atoms with Crippen LogP contribution in [0.3, 0.4) is 0 Å². The smallest absolute Gasteiger partial charge is 0.273 e. The highest BCUT2D eigenvalue weighted by Gasteiger charge is 2.60. The van der Waals surface area contributed by atoms with E-state index in [-0.39, 0.29) is 35.3 Å². The molecule has 6 heteroatoms. The van der Waals surface area contributed by atoms with E-state index in [1.54, 1.807) is 0 Å². The molecule has 4 fully saturated rings. The lowest BCUT2D eigenvalue weighted by molar-refractivity contribution is -0.137. The van der Waals surface area contributed by atoms with Crippen molar-refractivity contribution in [2.75, 3.05) is 6.54 Å². The minimum Gasteiger partial charge on any atom is -0.351 e. The predicted molar refractivity (Wildman–Crippen MR) is 127 cm³/mol. The van der Waals surface area contributed by atoms with Crippen molar-refractivity contribution < 1.29 is 9.59 Å². The first-order valence-electron chi connectivity index (χ1n) is 13.5. The maximum atomic E-state index is 13.5. The minimum atomic E-state index is -0.233. The van der Waals surface area contributed by atoms with Gasteiger partial charge in [-0.15, -0.1) is 5.10 Å². The van der Waals surface area contributed by atoms with Gasteiger partial charge in [0.05, 0.1) is 6.20 Å². The molecule has 1 N–H and O–H groups in total. The maximum Gasteiger partial charge on any atom is 0.273 e. The number of nitrogens with one attached hydrogen (secondary N) is 1. The Hall–Kier alpha value is -1.72. The van der Waals surface area contributed by atoms with Gasteiger partial charge in [0.15, 0.2) is 11.5 Å². The van der Waals surface area contributed by atoms with Crippen molar-refractivity contribution in [1.29, 1.82) is 0 Å². The Labute approximate surface area is 198 Å². The first-order chi connectivity index (χ1) is 15.8. The molecule has 1 amide bonds. The van der Waals surface area contributed by atoms with Crippen molar-refractivity contribution in [3.8, 4) is 0 Å². The molecule has 8 atom stereocenters. The Bertz CT molecular complexity index is 912. The molecule has 0 aromatic carbocycles. The fourth-order valence-corrected chi connectivity index (χ4v) is 8.98. The van der Waals surface area contributed by atoms with Crippen LogP contribution in [0, 0.1) is 46.3 Å². The van der Waals surface area contributed by atoms with Gasteiger partial charge >= 0.3 is 0 Å². The summed E-state index contributed by atoms with van der Waals surface area (Å²) in [5, 5.41) is 11.2. The Morgan fingerprint density at radius 2 is 1.82 bits per heavy atom. The van der Waals surface area contributed by atoms with Crippen molar-refractivity contribution in [1.82, 2.24) is 20.3 Å². The molecule has 1 heterocycles. The predicted octanol–water partition coefficient (Wildman–Crippen LogP) is 4.89. The lowest BCUT2D eigenvalue weighted by Gasteiger charge is -2.61. The highest BCUT2D eigenvalue weighted by atomic mass is 16.2. The number of hydrogen-bond acceptors (Lipinski definition) is 4. The van der Waals surface area contributed by atoms with Crippen LogP contribution < -0.4 is 5.32 Å². The van der Waals surface area contributed by atoms with E-state index >= 15 is 0 Å². The number of fused-ring (bicyclic) bond motifs is 5. The summed E-state index contributed by atoms with van der Waals surface area (Å²) in [5.41, 5.74) is 0.916. The molecule has 0 radical (unpaired) electrons. The largest absolute Gasteiger partial charge is 0.351 e. The average molecular weight is 455 g/mol. The number of aromatic nitrogens is 3. The number of carbonyl (C=O) groups is 2. The highest BCUT2D eigenvalue weighted by Crippen LogP contribution is 2.67. The summed E-state index contributed by atoms with van der Waals surface area (Å²) in [7, 11) is 0. The number of ketones is 1. The van der Waals surface area contributed by atoms with Crippen molar-refractivity contribution in [2.45, 2.75) is 92.0 Å². The molecule has 6 nitrogen and oxygen atoms in total. The van der Waals surface area contributed by atoms with Crippen molar-refractivity contribution in [3.63, 3.8) is 0 Å². The summed E-state index contributed by atoms with van der Waals surface area (Å²) < 4.78 is 0. The third-order valence-electron chi connectivity index (χ3n) is 10.7. The Morgan fingerprint density at radius 3 is 2.61 bits per heavy atom. The van der Waals surface area contributed by atoms with Crippen LogP contribution in [0.25, 0.3) is 0 Å². The number of Topliss-reactive ketones (excluding diaryl/α,β-unsaturated/α-hetero) is 1. The molecule has 4 aliphatic rings. The Kier molecular flexibility index (Phi) is 5.93. The first kappa shape index (κ1) is 23.0. The van der Waals surface area contributed by atoms with Crippen LogP contribution in [0.1, 0.15) is 96.0 Å². The normalized spacial score (nSPS) is 42.2. The molecule has 1 aromatic rings. The SMILES string of the molecule is CCNC(=O)c1cnn(CC(=O)C2CCC3C4CCC5CC(C)CCC5(C)C4CCC23C)n1. The van der Waals surface area contributed by atoms with E-state index in [1.807, 2.05) is 6.92 Å². The van der Waals surface area contributed by atoms with E-state index in [0.717, 1.165) is 30.1 Å². The third-order valence-corrected chi connectivity index (χ3v) is 10.7. The second-order valence-corrected chi connectivity index (χ2v) is 12.3. The summed E-state index contributed by atoms with van der Waals surface area (Å²) in [4.78, 5) is 26.9. The van der Waals surface area contributed by atoms with Crippen LogP contribution in [-0.2, 0) is 11.3 Å². The van der Waals surface area contributed by atoms with E-state index in [2.05, 4.69) is 36.3 Å². The Morgan fingerprint density at radius 1 is 1.06 bits per heavy atom. The highest BCUT2D eigenvalue weighted by molar-refractivity contribution is 5.91.